The van der Waals surface area contributed by atoms with E-state index in [2.05, 4.69) is 0 Å². The van der Waals surface area contributed by atoms with Gasteiger partial charge in [-0.3, -0.25) is 4.79 Å². The molecule has 39 heavy (non-hydrogen) atoms. The summed E-state index contributed by atoms with van der Waals surface area (Å²) in [5.74, 6) is -0.00694. The quantitative estimate of drug-likeness (QED) is 0.170. The van der Waals surface area contributed by atoms with Gasteiger partial charge in [0.15, 0.2) is 6.29 Å². The number of ether oxygens (including phenoxy) is 5. The first-order valence-electron chi connectivity index (χ1n) is 12.0. The summed E-state index contributed by atoms with van der Waals surface area (Å²) in [5, 5.41) is 70.9. The Labute approximate surface area is 219 Å². The average molecular weight is 552 g/mol. The van der Waals surface area contributed by atoms with Crippen molar-refractivity contribution < 1.29 is 63.8 Å². The van der Waals surface area contributed by atoms with E-state index in [9.17, 15) is 40.5 Å². The lowest BCUT2D eigenvalue weighted by Crippen LogP contribution is -2.61. The molecule has 14 heteroatoms. The number of fused-ring (bicyclic) bond motifs is 2. The number of hydrogen-bond donors (Lipinski definition) is 7. The number of aliphatic hydroxyl groups is 6. The third-order valence-electron chi connectivity index (χ3n) is 6.73. The molecule has 2 fully saturated rings. The lowest BCUT2D eigenvalue weighted by molar-refractivity contribution is -0.307. The highest BCUT2D eigenvalue weighted by atomic mass is 16.7. The van der Waals surface area contributed by atoms with Crippen LogP contribution in [0.15, 0.2) is 39.5 Å². The summed E-state index contributed by atoms with van der Waals surface area (Å²) in [6, 6.07) is 6.90. The molecule has 2 saturated heterocycles. The van der Waals surface area contributed by atoms with Gasteiger partial charge in [-0.25, -0.2) is 0 Å². The second-order valence-corrected chi connectivity index (χ2v) is 9.32. The fraction of sp³-hybridized carbons (Fsp3) is 0.480. The fourth-order valence-electron chi connectivity index (χ4n) is 4.51. The van der Waals surface area contributed by atoms with Gasteiger partial charge in [0.25, 0.3) is 0 Å². The maximum Gasteiger partial charge on any atom is 0.229 e. The zero-order valence-electron chi connectivity index (χ0n) is 20.5. The van der Waals surface area contributed by atoms with Gasteiger partial charge in [-0.05, 0) is 18.2 Å². The molecule has 3 heterocycles. The van der Waals surface area contributed by atoms with Crippen molar-refractivity contribution in [3.05, 3.63) is 40.6 Å². The van der Waals surface area contributed by atoms with Crippen LogP contribution in [0.1, 0.15) is 0 Å². The van der Waals surface area contributed by atoms with Crippen molar-refractivity contribution in [1.29, 1.82) is 0 Å². The van der Waals surface area contributed by atoms with E-state index in [1.165, 1.54) is 37.4 Å². The highest BCUT2D eigenvalue weighted by Gasteiger charge is 2.46. The molecule has 3 aromatic rings. The molecule has 0 bridgehead atoms. The maximum absolute atomic E-state index is 13.1. The normalized spacial score (nSPS) is 33.4. The third-order valence-corrected chi connectivity index (χ3v) is 6.73. The van der Waals surface area contributed by atoms with Crippen LogP contribution in [-0.4, -0.2) is 111 Å². The number of phenolic OH excluding ortho intramolecular Hbond substituents is 1. The smallest absolute Gasteiger partial charge is 0.229 e. The van der Waals surface area contributed by atoms with Crippen LogP contribution in [0, 0.1) is 0 Å². The molecule has 0 radical (unpaired) electrons. The molecule has 14 nitrogen and oxygen atoms in total. The Kier molecular flexibility index (Phi) is 7.65. The summed E-state index contributed by atoms with van der Waals surface area (Å²) in [5.41, 5.74) is -0.266. The lowest BCUT2D eigenvalue weighted by atomic mass is 9.99. The van der Waals surface area contributed by atoms with E-state index >= 15 is 0 Å². The summed E-state index contributed by atoms with van der Waals surface area (Å²) < 4.78 is 32.7. The summed E-state index contributed by atoms with van der Waals surface area (Å²) in [4.78, 5) is 13.1. The SMILES string of the molecule is COc1cc(O)c2c(=O)c3cc(OC4OC(COC5OCC(O)C(O)C5O)C(O)C(O)C4O)ccc3oc2c1. The van der Waals surface area contributed by atoms with Gasteiger partial charge in [0, 0.05) is 12.1 Å². The topological polar surface area (TPSA) is 218 Å². The van der Waals surface area contributed by atoms with Crippen LogP contribution in [0.5, 0.6) is 17.2 Å². The van der Waals surface area contributed by atoms with E-state index in [-0.39, 0.29) is 40.0 Å². The number of methoxy groups -OCH3 is 1. The Morgan fingerprint density at radius 2 is 1.62 bits per heavy atom. The molecular formula is C25H28O14. The molecule has 212 valence electrons. The molecule has 1 aromatic heterocycles. The van der Waals surface area contributed by atoms with Gasteiger partial charge in [-0.1, -0.05) is 0 Å². The van der Waals surface area contributed by atoms with Gasteiger partial charge in [-0.2, -0.15) is 0 Å². The average Bonchev–Trinajstić information content (AvgIpc) is 2.92. The van der Waals surface area contributed by atoms with Crippen LogP contribution in [0.3, 0.4) is 0 Å². The van der Waals surface area contributed by atoms with Crippen molar-refractivity contribution >= 4 is 21.9 Å². The van der Waals surface area contributed by atoms with E-state index in [0.717, 1.165) is 0 Å². The Bertz CT molecular complexity index is 1390. The monoisotopic (exact) mass is 552 g/mol. The number of phenols is 1. The predicted molar refractivity (Wildman–Crippen MR) is 129 cm³/mol. The van der Waals surface area contributed by atoms with E-state index in [1.54, 1.807) is 0 Å². The van der Waals surface area contributed by atoms with Crippen LogP contribution in [0.25, 0.3) is 21.9 Å². The number of hydrogen-bond acceptors (Lipinski definition) is 14. The van der Waals surface area contributed by atoms with Crippen molar-refractivity contribution in [2.45, 2.75) is 55.3 Å². The second-order valence-electron chi connectivity index (χ2n) is 9.32. The Morgan fingerprint density at radius 3 is 2.36 bits per heavy atom. The summed E-state index contributed by atoms with van der Waals surface area (Å²) >= 11 is 0. The zero-order chi connectivity index (χ0) is 28.0. The molecule has 0 amide bonds. The minimum atomic E-state index is -1.72. The molecule has 5 rings (SSSR count). The molecule has 2 aliphatic rings. The number of rotatable bonds is 6. The van der Waals surface area contributed by atoms with Gasteiger partial charge < -0.3 is 63.8 Å². The van der Waals surface area contributed by atoms with E-state index < -0.39 is 67.3 Å². The van der Waals surface area contributed by atoms with Gasteiger partial charge in [0.2, 0.25) is 11.7 Å². The molecule has 0 spiro atoms. The van der Waals surface area contributed by atoms with Crippen molar-refractivity contribution in [1.82, 2.24) is 0 Å². The fourth-order valence-corrected chi connectivity index (χ4v) is 4.51. The largest absolute Gasteiger partial charge is 0.507 e. The van der Waals surface area contributed by atoms with Crippen LogP contribution >= 0.6 is 0 Å². The van der Waals surface area contributed by atoms with E-state index in [1.807, 2.05) is 0 Å². The van der Waals surface area contributed by atoms with Crippen molar-refractivity contribution in [3.8, 4) is 17.2 Å². The maximum atomic E-state index is 13.1. The van der Waals surface area contributed by atoms with Crippen molar-refractivity contribution in [3.63, 3.8) is 0 Å². The highest BCUT2D eigenvalue weighted by Crippen LogP contribution is 2.32. The highest BCUT2D eigenvalue weighted by molar-refractivity contribution is 5.94. The van der Waals surface area contributed by atoms with E-state index in [0.29, 0.717) is 5.75 Å². The molecule has 0 saturated carbocycles. The molecule has 2 aromatic carbocycles. The number of benzene rings is 2. The lowest BCUT2D eigenvalue weighted by Gasteiger charge is -2.41. The molecule has 9 atom stereocenters. The Balaban J connectivity index is 1.35. The Morgan fingerprint density at radius 1 is 0.872 bits per heavy atom. The number of aromatic hydroxyl groups is 1. The predicted octanol–water partition coefficient (Wildman–Crippen LogP) is -1.70. The minimum Gasteiger partial charge on any atom is -0.507 e. The Hall–Kier alpha value is -3.05. The van der Waals surface area contributed by atoms with Crippen LogP contribution in [-0.2, 0) is 14.2 Å². The van der Waals surface area contributed by atoms with Gasteiger partial charge in [0.05, 0.1) is 25.7 Å². The minimum absolute atomic E-state index is 0.0394. The molecule has 2 aliphatic heterocycles. The number of aliphatic hydroxyl groups excluding tert-OH is 6. The van der Waals surface area contributed by atoms with Crippen LogP contribution < -0.4 is 14.9 Å². The van der Waals surface area contributed by atoms with Gasteiger partial charge in [-0.15, -0.1) is 0 Å². The van der Waals surface area contributed by atoms with Crippen molar-refractivity contribution in [2.75, 3.05) is 20.3 Å². The zero-order valence-corrected chi connectivity index (χ0v) is 20.5. The molecule has 7 N–H and O–H groups in total. The van der Waals surface area contributed by atoms with Gasteiger partial charge >= 0.3 is 0 Å². The second kappa shape index (κ2) is 10.8. The van der Waals surface area contributed by atoms with Crippen LogP contribution in [0.4, 0.5) is 0 Å². The molecule has 9 unspecified atom stereocenters. The summed E-state index contributed by atoms with van der Waals surface area (Å²) in [6.45, 7) is -0.758. The summed E-state index contributed by atoms with van der Waals surface area (Å²) in [6.07, 6.45) is -13.6. The van der Waals surface area contributed by atoms with Crippen molar-refractivity contribution in [2.24, 2.45) is 0 Å². The first-order chi connectivity index (χ1) is 18.6. The summed E-state index contributed by atoms with van der Waals surface area (Å²) in [7, 11) is 1.40. The van der Waals surface area contributed by atoms with Gasteiger partial charge in [0.1, 0.15) is 76.5 Å². The molecular weight excluding hydrogens is 524 g/mol. The first-order valence-corrected chi connectivity index (χ1v) is 12.0. The molecule has 0 aliphatic carbocycles. The van der Waals surface area contributed by atoms with E-state index in [4.69, 9.17) is 28.1 Å². The standard InChI is InChI=1S/C25H28O14/c1-34-10-5-12(26)17-15(6-10)38-14-3-2-9(4-11(14)18(17)28)37-25-23(33)21(31)20(30)16(39-25)8-36-24-22(32)19(29)13(27)7-35-24/h2-6,13,16,19-27,29-33H,7-8H2,1H3. The first kappa shape index (κ1) is 27.5. The van der Waals surface area contributed by atoms with Crippen LogP contribution in [0.2, 0.25) is 0 Å². The third kappa shape index (κ3) is 5.14.